The van der Waals surface area contributed by atoms with Gasteiger partial charge in [-0.25, -0.2) is 0 Å². The van der Waals surface area contributed by atoms with E-state index in [-0.39, 0.29) is 5.78 Å². The number of hydrogen-bond donors (Lipinski definition) is 0. The van der Waals surface area contributed by atoms with E-state index in [2.05, 4.69) is 15.9 Å². The van der Waals surface area contributed by atoms with E-state index in [1.807, 2.05) is 6.07 Å². The molecule has 1 atom stereocenters. The number of nitrogens with zero attached hydrogens (tertiary/aromatic N) is 1. The van der Waals surface area contributed by atoms with Crippen molar-refractivity contribution in [2.75, 3.05) is 7.11 Å². The average Bonchev–Trinajstić information content (AvgIpc) is 2.49. The summed E-state index contributed by atoms with van der Waals surface area (Å²) in [4.78, 5) is 12.5. The topological polar surface area (TPSA) is 50.1 Å². The molecule has 0 radical (unpaired) electrons. The first-order valence-corrected chi connectivity index (χ1v) is 7.27. The molecule has 5 heteroatoms. The molecule has 0 aliphatic heterocycles. The molecule has 21 heavy (non-hydrogen) atoms. The Morgan fingerprint density at radius 3 is 2.62 bits per heavy atom. The second kappa shape index (κ2) is 6.75. The van der Waals surface area contributed by atoms with E-state index >= 15 is 0 Å². The molecule has 0 amide bonds. The number of rotatable bonds is 4. The number of nitriles is 1. The summed E-state index contributed by atoms with van der Waals surface area (Å²) < 4.78 is 5.78. The number of ether oxygens (including phenoxy) is 1. The van der Waals surface area contributed by atoms with Crippen LogP contribution in [-0.4, -0.2) is 12.9 Å². The van der Waals surface area contributed by atoms with Crippen LogP contribution in [0.3, 0.4) is 0 Å². The van der Waals surface area contributed by atoms with Gasteiger partial charge in [0.2, 0.25) is 0 Å². The summed E-state index contributed by atoms with van der Waals surface area (Å²) in [6.45, 7) is 0. The molecular weight excluding hydrogens is 354 g/mol. The average molecular weight is 365 g/mol. The second-order valence-electron chi connectivity index (χ2n) is 4.30. The maximum atomic E-state index is 12.5. The number of methoxy groups -OCH3 is 1. The van der Waals surface area contributed by atoms with Crippen LogP contribution in [0.25, 0.3) is 0 Å². The molecule has 106 valence electrons. The number of Topliss-reactive ketones (excluding diaryl/α,β-unsaturated/α-hetero) is 1. The minimum absolute atomic E-state index is 0.297. The highest BCUT2D eigenvalue weighted by Crippen LogP contribution is 2.30. The smallest absolute Gasteiger partial charge is 0.184 e. The number of ketones is 1. The predicted octanol–water partition coefficient (Wildman–Crippen LogP) is 4.60. The van der Waals surface area contributed by atoms with Gasteiger partial charge in [-0.2, -0.15) is 5.26 Å². The van der Waals surface area contributed by atoms with Crippen molar-refractivity contribution in [1.82, 2.24) is 0 Å². The normalized spacial score (nSPS) is 11.5. The maximum Gasteiger partial charge on any atom is 0.184 e. The van der Waals surface area contributed by atoms with Crippen molar-refractivity contribution in [2.24, 2.45) is 0 Å². The SMILES string of the molecule is COc1ccc(C(=O)C(C#N)c2ccccc2Cl)cc1Br. The van der Waals surface area contributed by atoms with Gasteiger partial charge >= 0.3 is 0 Å². The molecule has 0 spiro atoms. The molecule has 3 nitrogen and oxygen atoms in total. The van der Waals surface area contributed by atoms with Crippen LogP contribution in [0.15, 0.2) is 46.9 Å². The van der Waals surface area contributed by atoms with Crippen molar-refractivity contribution in [3.63, 3.8) is 0 Å². The van der Waals surface area contributed by atoms with Gasteiger partial charge in [-0.1, -0.05) is 29.8 Å². The molecule has 0 aliphatic rings. The summed E-state index contributed by atoms with van der Waals surface area (Å²) in [5.74, 6) is -0.606. The molecule has 0 heterocycles. The van der Waals surface area contributed by atoms with Crippen molar-refractivity contribution in [3.05, 3.63) is 63.1 Å². The molecule has 0 N–H and O–H groups in total. The number of hydrogen-bond acceptors (Lipinski definition) is 3. The number of carbonyl (C=O) groups is 1. The molecular formula is C16H11BrClNO2. The quantitative estimate of drug-likeness (QED) is 0.745. The summed E-state index contributed by atoms with van der Waals surface area (Å²) >= 11 is 9.41. The van der Waals surface area contributed by atoms with E-state index in [0.29, 0.717) is 26.4 Å². The zero-order chi connectivity index (χ0) is 15.4. The lowest BCUT2D eigenvalue weighted by atomic mass is 9.92. The van der Waals surface area contributed by atoms with Gasteiger partial charge in [0.15, 0.2) is 5.78 Å². The highest BCUT2D eigenvalue weighted by molar-refractivity contribution is 9.10. The highest BCUT2D eigenvalue weighted by atomic mass is 79.9. The molecule has 2 aromatic rings. The van der Waals surface area contributed by atoms with E-state index in [1.165, 1.54) is 0 Å². The Bertz CT molecular complexity index is 724. The van der Waals surface area contributed by atoms with Crippen LogP contribution in [-0.2, 0) is 0 Å². The molecule has 2 aromatic carbocycles. The van der Waals surface area contributed by atoms with E-state index < -0.39 is 5.92 Å². The Labute approximate surface area is 136 Å². The number of carbonyl (C=O) groups excluding carboxylic acids is 1. The summed E-state index contributed by atoms with van der Waals surface area (Å²) in [6, 6.07) is 13.8. The minimum Gasteiger partial charge on any atom is -0.496 e. The number of benzene rings is 2. The molecule has 2 rings (SSSR count). The Balaban J connectivity index is 2.40. The zero-order valence-electron chi connectivity index (χ0n) is 11.1. The first kappa shape index (κ1) is 15.6. The van der Waals surface area contributed by atoms with Gasteiger partial charge in [0.05, 0.1) is 17.7 Å². The van der Waals surface area contributed by atoms with E-state index in [0.717, 1.165) is 0 Å². The first-order chi connectivity index (χ1) is 10.1. The fourth-order valence-corrected chi connectivity index (χ4v) is 2.75. The van der Waals surface area contributed by atoms with Crippen LogP contribution in [0.5, 0.6) is 5.75 Å². The van der Waals surface area contributed by atoms with E-state index in [4.69, 9.17) is 16.3 Å². The Hall–Kier alpha value is -1.83. The lowest BCUT2D eigenvalue weighted by Crippen LogP contribution is -2.12. The highest BCUT2D eigenvalue weighted by Gasteiger charge is 2.24. The van der Waals surface area contributed by atoms with Crippen molar-refractivity contribution < 1.29 is 9.53 Å². The Kier molecular flexibility index (Phi) is 5.00. The van der Waals surface area contributed by atoms with Crippen molar-refractivity contribution in [2.45, 2.75) is 5.92 Å². The standard InChI is InChI=1S/C16H11BrClNO2/c1-21-15-7-6-10(8-13(15)17)16(20)12(9-19)11-4-2-3-5-14(11)18/h2-8,12H,1H3. The largest absolute Gasteiger partial charge is 0.496 e. The van der Waals surface area contributed by atoms with Crippen LogP contribution >= 0.6 is 27.5 Å². The van der Waals surface area contributed by atoms with Gasteiger partial charge in [-0.15, -0.1) is 0 Å². The fraction of sp³-hybridized carbons (Fsp3) is 0.125. The van der Waals surface area contributed by atoms with Crippen molar-refractivity contribution >= 4 is 33.3 Å². The molecule has 0 bridgehead atoms. The Morgan fingerprint density at radius 1 is 1.33 bits per heavy atom. The van der Waals surface area contributed by atoms with Gasteiger partial charge in [0.1, 0.15) is 11.7 Å². The molecule has 0 fully saturated rings. The third-order valence-electron chi connectivity index (χ3n) is 3.04. The number of halogens is 2. The lowest BCUT2D eigenvalue weighted by molar-refractivity contribution is 0.0979. The predicted molar refractivity (Wildman–Crippen MR) is 84.8 cm³/mol. The van der Waals surface area contributed by atoms with Crippen LogP contribution in [0.2, 0.25) is 5.02 Å². The molecule has 0 aromatic heterocycles. The summed E-state index contributed by atoms with van der Waals surface area (Å²) in [6.07, 6.45) is 0. The van der Waals surface area contributed by atoms with Gasteiger partial charge in [-0.05, 0) is 45.8 Å². The zero-order valence-corrected chi connectivity index (χ0v) is 13.5. The van der Waals surface area contributed by atoms with Crippen LogP contribution in [0.4, 0.5) is 0 Å². The van der Waals surface area contributed by atoms with Crippen LogP contribution in [0.1, 0.15) is 21.8 Å². The third kappa shape index (κ3) is 3.26. The fourth-order valence-electron chi connectivity index (χ4n) is 1.96. The van der Waals surface area contributed by atoms with E-state index in [1.54, 1.807) is 49.6 Å². The molecule has 0 aliphatic carbocycles. The summed E-state index contributed by atoms with van der Waals surface area (Å²) in [5, 5.41) is 9.75. The van der Waals surface area contributed by atoms with Crippen LogP contribution < -0.4 is 4.74 Å². The van der Waals surface area contributed by atoms with Gasteiger partial charge in [0.25, 0.3) is 0 Å². The molecule has 1 unspecified atom stereocenters. The lowest BCUT2D eigenvalue weighted by Gasteiger charge is -2.11. The third-order valence-corrected chi connectivity index (χ3v) is 4.01. The second-order valence-corrected chi connectivity index (χ2v) is 5.56. The Morgan fingerprint density at radius 2 is 2.05 bits per heavy atom. The maximum absolute atomic E-state index is 12.5. The minimum atomic E-state index is -0.931. The molecule has 0 saturated heterocycles. The first-order valence-electron chi connectivity index (χ1n) is 6.10. The van der Waals surface area contributed by atoms with Crippen LogP contribution in [0, 0.1) is 11.3 Å². The van der Waals surface area contributed by atoms with Gasteiger partial charge in [-0.3, -0.25) is 4.79 Å². The summed E-state index contributed by atoms with van der Waals surface area (Å²) in [7, 11) is 1.55. The van der Waals surface area contributed by atoms with Crippen molar-refractivity contribution in [1.29, 1.82) is 5.26 Å². The van der Waals surface area contributed by atoms with Gasteiger partial charge < -0.3 is 4.74 Å². The monoisotopic (exact) mass is 363 g/mol. The van der Waals surface area contributed by atoms with Crippen molar-refractivity contribution in [3.8, 4) is 11.8 Å². The van der Waals surface area contributed by atoms with Gasteiger partial charge in [0, 0.05) is 10.6 Å². The molecule has 0 saturated carbocycles. The summed E-state index contributed by atoms with van der Waals surface area (Å²) in [5.41, 5.74) is 0.938. The van der Waals surface area contributed by atoms with E-state index in [9.17, 15) is 10.1 Å².